The van der Waals surface area contributed by atoms with Gasteiger partial charge in [0.2, 0.25) is 0 Å². The minimum Gasteiger partial charge on any atom is -0.494 e. The Morgan fingerprint density at radius 2 is 1.30 bits per heavy atom. The largest absolute Gasteiger partial charge is 0.494 e. The molecular weight excluding hydrogens is 340 g/mol. The number of ether oxygens (including phenoxy) is 2. The number of benzene rings is 1. The van der Waals surface area contributed by atoms with Gasteiger partial charge in [0, 0.05) is 6.42 Å². The monoisotopic (exact) mass is 376 g/mol. The van der Waals surface area contributed by atoms with Crippen molar-refractivity contribution in [1.82, 2.24) is 0 Å². The van der Waals surface area contributed by atoms with Crippen LogP contribution in [0.15, 0.2) is 24.3 Å². The van der Waals surface area contributed by atoms with Crippen LogP contribution in [-0.4, -0.2) is 18.5 Å². The third-order valence-electron chi connectivity index (χ3n) is 4.52. The lowest BCUT2D eigenvalue weighted by atomic mass is 10.1. The summed E-state index contributed by atoms with van der Waals surface area (Å²) in [6.45, 7) is 4.81. The van der Waals surface area contributed by atoms with Crippen LogP contribution in [-0.2, 0) is 9.53 Å². The zero-order valence-corrected chi connectivity index (χ0v) is 17.1. The predicted octanol–water partition coefficient (Wildman–Crippen LogP) is 6.47. The maximum atomic E-state index is 11.8. The van der Waals surface area contributed by atoms with Gasteiger partial charge in [-0.05, 0) is 37.1 Å². The number of esters is 2. The molecule has 0 radical (unpaired) electrons. The van der Waals surface area contributed by atoms with Crippen molar-refractivity contribution in [1.29, 1.82) is 0 Å². The smallest absolute Gasteiger partial charge is 0.345 e. The van der Waals surface area contributed by atoms with Crippen molar-refractivity contribution in [3.8, 4) is 5.75 Å². The molecule has 0 spiro atoms. The Labute approximate surface area is 164 Å². The van der Waals surface area contributed by atoms with Crippen LogP contribution in [0.2, 0.25) is 0 Å². The van der Waals surface area contributed by atoms with Gasteiger partial charge in [-0.25, -0.2) is 4.79 Å². The molecule has 1 aromatic carbocycles. The topological polar surface area (TPSA) is 52.6 Å². The van der Waals surface area contributed by atoms with Crippen LogP contribution in [0.3, 0.4) is 0 Å². The fourth-order valence-electron chi connectivity index (χ4n) is 2.88. The zero-order valence-electron chi connectivity index (χ0n) is 17.1. The summed E-state index contributed by atoms with van der Waals surface area (Å²) in [6.07, 6.45) is 13.9. The molecule has 1 aromatic rings. The molecule has 0 atom stereocenters. The number of unbranched alkanes of at least 4 members (excludes halogenated alkanes) is 9. The van der Waals surface area contributed by atoms with Crippen molar-refractivity contribution in [3.63, 3.8) is 0 Å². The van der Waals surface area contributed by atoms with Crippen molar-refractivity contribution in [2.75, 3.05) is 6.61 Å². The molecule has 0 aliphatic heterocycles. The van der Waals surface area contributed by atoms with Crippen LogP contribution in [0.4, 0.5) is 0 Å². The van der Waals surface area contributed by atoms with Gasteiger partial charge >= 0.3 is 11.9 Å². The molecule has 0 fully saturated rings. The average Bonchev–Trinajstić information content (AvgIpc) is 2.66. The van der Waals surface area contributed by atoms with E-state index in [1.807, 2.05) is 6.92 Å². The van der Waals surface area contributed by atoms with Gasteiger partial charge in [0.15, 0.2) is 0 Å². The molecule has 0 unspecified atom stereocenters. The standard InChI is InChI=1S/C23H36O4/c1-3-5-6-7-8-9-10-11-12-13-19-26-21-17-15-20(16-18-21)23(25)27-22(24)14-4-2/h15-18H,3-14,19H2,1-2H3. The number of hydrogen-bond donors (Lipinski definition) is 0. The molecule has 0 heterocycles. The molecule has 0 N–H and O–H groups in total. The highest BCUT2D eigenvalue weighted by Gasteiger charge is 2.12. The fourth-order valence-corrected chi connectivity index (χ4v) is 2.88. The Morgan fingerprint density at radius 1 is 0.741 bits per heavy atom. The van der Waals surface area contributed by atoms with Gasteiger partial charge in [0.25, 0.3) is 0 Å². The first kappa shape index (κ1) is 23.2. The van der Waals surface area contributed by atoms with Gasteiger partial charge in [0.05, 0.1) is 12.2 Å². The normalized spacial score (nSPS) is 10.6. The molecular formula is C23H36O4. The lowest BCUT2D eigenvalue weighted by Crippen LogP contribution is -2.12. The zero-order chi connectivity index (χ0) is 19.7. The summed E-state index contributed by atoms with van der Waals surface area (Å²) in [6, 6.07) is 6.76. The summed E-state index contributed by atoms with van der Waals surface area (Å²) in [4.78, 5) is 23.2. The molecule has 0 aliphatic rings. The summed E-state index contributed by atoms with van der Waals surface area (Å²) in [5.41, 5.74) is 0.366. The van der Waals surface area contributed by atoms with E-state index in [4.69, 9.17) is 9.47 Å². The minimum atomic E-state index is -0.602. The Kier molecular flexibility index (Phi) is 13.1. The first-order valence-corrected chi connectivity index (χ1v) is 10.6. The van der Waals surface area contributed by atoms with Gasteiger partial charge in [-0.2, -0.15) is 0 Å². The molecule has 4 heteroatoms. The van der Waals surface area contributed by atoms with Crippen LogP contribution in [0, 0.1) is 0 Å². The first-order chi connectivity index (χ1) is 13.2. The predicted molar refractivity (Wildman–Crippen MR) is 109 cm³/mol. The van der Waals surface area contributed by atoms with Gasteiger partial charge in [0.1, 0.15) is 5.75 Å². The van der Waals surface area contributed by atoms with Crippen LogP contribution < -0.4 is 4.74 Å². The van der Waals surface area contributed by atoms with Crippen LogP contribution >= 0.6 is 0 Å². The Morgan fingerprint density at radius 3 is 1.85 bits per heavy atom. The van der Waals surface area contributed by atoms with Crippen molar-refractivity contribution in [3.05, 3.63) is 29.8 Å². The van der Waals surface area contributed by atoms with Crippen molar-refractivity contribution < 1.29 is 19.1 Å². The highest BCUT2D eigenvalue weighted by molar-refractivity contribution is 5.96. The second kappa shape index (κ2) is 15.2. The Balaban J connectivity index is 2.09. The van der Waals surface area contributed by atoms with Crippen LogP contribution in [0.5, 0.6) is 5.75 Å². The van der Waals surface area contributed by atoms with Crippen LogP contribution in [0.25, 0.3) is 0 Å². The van der Waals surface area contributed by atoms with Gasteiger partial charge in [-0.1, -0.05) is 71.6 Å². The van der Waals surface area contributed by atoms with E-state index in [1.165, 1.54) is 57.8 Å². The third kappa shape index (κ3) is 11.5. The maximum Gasteiger partial charge on any atom is 0.345 e. The maximum absolute atomic E-state index is 11.8. The molecule has 152 valence electrons. The number of hydrogen-bond acceptors (Lipinski definition) is 4. The van der Waals surface area contributed by atoms with Crippen molar-refractivity contribution >= 4 is 11.9 Å². The SMILES string of the molecule is CCCCCCCCCCCCOc1ccc(C(=O)OC(=O)CCC)cc1. The molecule has 0 saturated heterocycles. The number of carbonyl (C=O) groups is 2. The van der Waals surface area contributed by atoms with Gasteiger partial charge < -0.3 is 9.47 Å². The summed E-state index contributed by atoms with van der Waals surface area (Å²) < 4.78 is 10.5. The lowest BCUT2D eigenvalue weighted by Gasteiger charge is -2.07. The molecule has 4 nitrogen and oxygen atoms in total. The van der Waals surface area contributed by atoms with Crippen LogP contribution in [0.1, 0.15) is 101 Å². The fraction of sp³-hybridized carbons (Fsp3) is 0.652. The molecule has 0 bridgehead atoms. The molecule has 0 aromatic heterocycles. The second-order valence-corrected chi connectivity index (χ2v) is 7.07. The third-order valence-corrected chi connectivity index (χ3v) is 4.52. The quantitative estimate of drug-likeness (QED) is 0.200. The minimum absolute atomic E-state index is 0.256. The highest BCUT2D eigenvalue weighted by Crippen LogP contribution is 2.15. The van der Waals surface area contributed by atoms with E-state index in [2.05, 4.69) is 6.92 Å². The summed E-state index contributed by atoms with van der Waals surface area (Å²) in [7, 11) is 0. The molecule has 1 rings (SSSR count). The second-order valence-electron chi connectivity index (χ2n) is 7.07. The van der Waals surface area contributed by atoms with E-state index in [-0.39, 0.29) is 6.42 Å². The molecule has 0 aliphatic carbocycles. The summed E-state index contributed by atoms with van der Waals surface area (Å²) in [5, 5.41) is 0. The lowest BCUT2D eigenvalue weighted by molar-refractivity contribution is -0.137. The van der Waals surface area contributed by atoms with E-state index in [0.717, 1.165) is 12.2 Å². The molecule has 0 saturated carbocycles. The first-order valence-electron chi connectivity index (χ1n) is 10.6. The number of rotatable bonds is 15. The molecule has 0 amide bonds. The van der Waals surface area contributed by atoms with E-state index >= 15 is 0 Å². The van der Waals surface area contributed by atoms with Gasteiger partial charge in [-0.3, -0.25) is 4.79 Å². The van der Waals surface area contributed by atoms with E-state index in [9.17, 15) is 9.59 Å². The van der Waals surface area contributed by atoms with Gasteiger partial charge in [-0.15, -0.1) is 0 Å². The van der Waals surface area contributed by atoms with Crippen molar-refractivity contribution in [2.45, 2.75) is 90.9 Å². The van der Waals surface area contributed by atoms with Crippen molar-refractivity contribution in [2.24, 2.45) is 0 Å². The highest BCUT2D eigenvalue weighted by atomic mass is 16.6. The average molecular weight is 377 g/mol. The molecule has 27 heavy (non-hydrogen) atoms. The summed E-state index contributed by atoms with van der Waals surface area (Å²) >= 11 is 0. The summed E-state index contributed by atoms with van der Waals surface area (Å²) in [5.74, 6) is -0.346. The van der Waals surface area contributed by atoms with E-state index < -0.39 is 11.9 Å². The Hall–Kier alpha value is -1.84. The van der Waals surface area contributed by atoms with E-state index in [0.29, 0.717) is 18.6 Å². The Bertz CT molecular complexity index is 522. The van der Waals surface area contributed by atoms with E-state index in [1.54, 1.807) is 24.3 Å². The number of carbonyl (C=O) groups excluding carboxylic acids is 2.